The molecule has 0 bridgehead atoms. The Kier molecular flexibility index (Phi) is 5.45. The van der Waals surface area contributed by atoms with Crippen LogP contribution in [0.15, 0.2) is 30.5 Å². The molecule has 1 aliphatic carbocycles. The zero-order valence-corrected chi connectivity index (χ0v) is 15.5. The molecule has 2 atom stereocenters. The number of amides is 1. The Morgan fingerprint density at radius 3 is 2.72 bits per heavy atom. The number of hydrogen-bond donors (Lipinski definition) is 2. The van der Waals surface area contributed by atoms with E-state index in [2.05, 4.69) is 24.3 Å². The number of halogens is 1. The maximum Gasteiger partial charge on any atom is 0.255 e. The average molecular weight is 361 g/mol. The second kappa shape index (κ2) is 7.58. The Morgan fingerprint density at radius 1 is 1.36 bits per heavy atom. The van der Waals surface area contributed by atoms with Crippen molar-refractivity contribution in [3.63, 3.8) is 0 Å². The van der Waals surface area contributed by atoms with Crippen LogP contribution in [0.2, 0.25) is 5.02 Å². The Labute approximate surface area is 153 Å². The lowest BCUT2D eigenvalue weighted by Crippen LogP contribution is -2.40. The summed E-state index contributed by atoms with van der Waals surface area (Å²) in [6.07, 6.45) is 4.86. The average Bonchev–Trinajstić information content (AvgIpc) is 3.21. The molecule has 134 valence electrons. The fraction of sp³-hybridized carbons (Fsp3) is 0.474. The number of carbonyl (C=O) groups excluding carboxylic acids is 1. The van der Waals surface area contributed by atoms with Crippen molar-refractivity contribution in [2.75, 3.05) is 6.54 Å². The SMILES string of the molecule is CC(C)c1c(C(=O)NC2CCCC2CN)cnn1-c1ccc(Cl)cc1. The quantitative estimate of drug-likeness (QED) is 0.856. The highest BCUT2D eigenvalue weighted by molar-refractivity contribution is 6.30. The largest absolute Gasteiger partial charge is 0.349 e. The van der Waals surface area contributed by atoms with Gasteiger partial charge in [0.2, 0.25) is 0 Å². The fourth-order valence-corrected chi connectivity index (χ4v) is 3.76. The lowest BCUT2D eigenvalue weighted by molar-refractivity contribution is 0.0927. The Hall–Kier alpha value is -1.85. The molecule has 3 N–H and O–H groups in total. The summed E-state index contributed by atoms with van der Waals surface area (Å²) in [6, 6.07) is 7.63. The maximum atomic E-state index is 12.9. The van der Waals surface area contributed by atoms with Crippen molar-refractivity contribution in [1.82, 2.24) is 15.1 Å². The second-order valence-corrected chi connectivity index (χ2v) is 7.43. The Bertz CT molecular complexity index is 738. The number of aromatic nitrogens is 2. The molecular weight excluding hydrogens is 336 g/mol. The van der Waals surface area contributed by atoms with Crippen LogP contribution in [0.3, 0.4) is 0 Å². The minimum Gasteiger partial charge on any atom is -0.349 e. The zero-order chi connectivity index (χ0) is 18.0. The van der Waals surface area contributed by atoms with Crippen LogP contribution < -0.4 is 11.1 Å². The van der Waals surface area contributed by atoms with Crippen LogP contribution in [0.4, 0.5) is 0 Å². The molecule has 0 aliphatic heterocycles. The van der Waals surface area contributed by atoms with Gasteiger partial charge in [-0.05, 0) is 55.5 Å². The standard InChI is InChI=1S/C19H25ClN4O/c1-12(2)18-16(19(25)23-17-5-3-4-13(17)10-21)11-22-24(18)15-8-6-14(20)7-9-15/h6-9,11-13,17H,3-5,10,21H2,1-2H3,(H,23,25). The third-order valence-electron chi connectivity index (χ3n) is 4.95. The fourth-order valence-electron chi connectivity index (χ4n) is 3.63. The van der Waals surface area contributed by atoms with Gasteiger partial charge in [-0.1, -0.05) is 31.9 Å². The van der Waals surface area contributed by atoms with Gasteiger partial charge in [0.05, 0.1) is 23.1 Å². The predicted molar refractivity (Wildman–Crippen MR) is 100 cm³/mol. The van der Waals surface area contributed by atoms with Crippen molar-refractivity contribution in [3.05, 3.63) is 46.7 Å². The van der Waals surface area contributed by atoms with E-state index in [1.54, 1.807) is 6.20 Å². The monoisotopic (exact) mass is 360 g/mol. The van der Waals surface area contributed by atoms with E-state index < -0.39 is 0 Å². The molecule has 0 spiro atoms. The van der Waals surface area contributed by atoms with Crippen molar-refractivity contribution >= 4 is 17.5 Å². The second-order valence-electron chi connectivity index (χ2n) is 6.99. The van der Waals surface area contributed by atoms with Gasteiger partial charge in [0.25, 0.3) is 5.91 Å². The van der Waals surface area contributed by atoms with E-state index in [9.17, 15) is 4.79 Å². The van der Waals surface area contributed by atoms with Crippen molar-refractivity contribution < 1.29 is 4.79 Å². The van der Waals surface area contributed by atoms with Crippen molar-refractivity contribution in [1.29, 1.82) is 0 Å². The molecule has 1 heterocycles. The van der Waals surface area contributed by atoms with Gasteiger partial charge in [-0.25, -0.2) is 4.68 Å². The number of rotatable bonds is 5. The number of benzene rings is 1. The zero-order valence-electron chi connectivity index (χ0n) is 14.7. The van der Waals surface area contributed by atoms with Gasteiger partial charge in [-0.15, -0.1) is 0 Å². The van der Waals surface area contributed by atoms with Crippen LogP contribution in [0.5, 0.6) is 0 Å². The van der Waals surface area contributed by atoms with Gasteiger partial charge in [-0.2, -0.15) is 5.10 Å². The molecule has 1 saturated carbocycles. The van der Waals surface area contributed by atoms with Crippen LogP contribution in [0, 0.1) is 5.92 Å². The lowest BCUT2D eigenvalue weighted by Gasteiger charge is -2.20. The first-order valence-corrected chi connectivity index (χ1v) is 9.23. The van der Waals surface area contributed by atoms with Gasteiger partial charge < -0.3 is 11.1 Å². The molecule has 0 saturated heterocycles. The van der Waals surface area contributed by atoms with Crippen molar-refractivity contribution in [2.45, 2.75) is 45.1 Å². The first-order chi connectivity index (χ1) is 12.0. The molecule has 6 heteroatoms. The molecule has 2 unspecified atom stereocenters. The van der Waals surface area contributed by atoms with Crippen molar-refractivity contribution in [3.8, 4) is 5.69 Å². The smallest absolute Gasteiger partial charge is 0.255 e. The molecule has 1 aliphatic rings. The molecule has 1 aromatic heterocycles. The molecule has 5 nitrogen and oxygen atoms in total. The highest BCUT2D eigenvalue weighted by Gasteiger charge is 2.29. The van der Waals surface area contributed by atoms with E-state index >= 15 is 0 Å². The highest BCUT2D eigenvalue weighted by atomic mass is 35.5. The van der Waals surface area contributed by atoms with Crippen LogP contribution in [0.1, 0.15) is 55.1 Å². The highest BCUT2D eigenvalue weighted by Crippen LogP contribution is 2.27. The van der Waals surface area contributed by atoms with E-state index in [4.69, 9.17) is 17.3 Å². The number of hydrogen-bond acceptors (Lipinski definition) is 3. The normalized spacial score (nSPS) is 20.2. The number of nitrogens with one attached hydrogen (secondary N) is 1. The molecule has 1 amide bonds. The molecule has 25 heavy (non-hydrogen) atoms. The van der Waals surface area contributed by atoms with Crippen LogP contribution in [0.25, 0.3) is 5.69 Å². The Morgan fingerprint density at radius 2 is 2.08 bits per heavy atom. The summed E-state index contributed by atoms with van der Waals surface area (Å²) in [5.74, 6) is 0.472. The van der Waals surface area contributed by atoms with E-state index in [0.29, 0.717) is 23.0 Å². The summed E-state index contributed by atoms with van der Waals surface area (Å²) in [7, 11) is 0. The summed E-state index contributed by atoms with van der Waals surface area (Å²) >= 11 is 5.98. The van der Waals surface area contributed by atoms with Gasteiger partial charge in [0, 0.05) is 11.1 Å². The molecule has 1 fully saturated rings. The van der Waals surface area contributed by atoms with Gasteiger partial charge >= 0.3 is 0 Å². The van der Waals surface area contributed by atoms with Crippen LogP contribution in [-0.4, -0.2) is 28.3 Å². The van der Waals surface area contributed by atoms with Gasteiger partial charge in [0.15, 0.2) is 0 Å². The van der Waals surface area contributed by atoms with E-state index in [1.807, 2.05) is 28.9 Å². The minimum absolute atomic E-state index is 0.0609. The van der Waals surface area contributed by atoms with E-state index in [-0.39, 0.29) is 17.9 Å². The predicted octanol–water partition coefficient (Wildman–Crippen LogP) is 3.51. The molecule has 1 aromatic carbocycles. The van der Waals surface area contributed by atoms with Crippen LogP contribution >= 0.6 is 11.6 Å². The molecule has 3 rings (SSSR count). The number of carbonyl (C=O) groups is 1. The number of nitrogens with two attached hydrogens (primary N) is 1. The van der Waals surface area contributed by atoms with Gasteiger partial charge in [-0.3, -0.25) is 4.79 Å². The summed E-state index contributed by atoms with van der Waals surface area (Å²) < 4.78 is 1.82. The third kappa shape index (κ3) is 3.72. The first kappa shape index (κ1) is 18.0. The van der Waals surface area contributed by atoms with Gasteiger partial charge in [0.1, 0.15) is 0 Å². The van der Waals surface area contributed by atoms with Crippen molar-refractivity contribution in [2.24, 2.45) is 11.7 Å². The number of nitrogens with zero attached hydrogens (tertiary/aromatic N) is 2. The van der Waals surface area contributed by atoms with Crippen LogP contribution in [-0.2, 0) is 0 Å². The summed E-state index contributed by atoms with van der Waals surface area (Å²) in [5.41, 5.74) is 8.26. The topological polar surface area (TPSA) is 72.9 Å². The van der Waals surface area contributed by atoms with E-state index in [1.165, 1.54) is 0 Å². The molecular formula is C19H25ClN4O. The molecule has 2 aromatic rings. The minimum atomic E-state index is -0.0609. The Balaban J connectivity index is 1.89. The van der Waals surface area contributed by atoms with E-state index in [0.717, 1.165) is 30.6 Å². The third-order valence-corrected chi connectivity index (χ3v) is 5.20. The summed E-state index contributed by atoms with van der Waals surface area (Å²) in [5, 5.41) is 8.31. The lowest BCUT2D eigenvalue weighted by atomic mass is 10.0. The summed E-state index contributed by atoms with van der Waals surface area (Å²) in [6.45, 7) is 4.75. The molecule has 0 radical (unpaired) electrons. The first-order valence-electron chi connectivity index (χ1n) is 8.86. The summed E-state index contributed by atoms with van der Waals surface area (Å²) in [4.78, 5) is 12.9. The maximum absolute atomic E-state index is 12.9.